The van der Waals surface area contributed by atoms with Crippen LogP contribution >= 0.6 is 15.9 Å². The molecule has 1 atom stereocenters. The van der Waals surface area contributed by atoms with Gasteiger partial charge in [0, 0.05) is 34.6 Å². The van der Waals surface area contributed by atoms with E-state index in [1.54, 1.807) is 6.21 Å². The molecule has 2 aromatic carbocycles. The zero-order valence-electron chi connectivity index (χ0n) is 13.9. The van der Waals surface area contributed by atoms with Crippen molar-refractivity contribution in [1.82, 2.24) is 4.98 Å². The first-order valence-electron chi connectivity index (χ1n) is 8.12. The van der Waals surface area contributed by atoms with Crippen molar-refractivity contribution < 1.29 is 5.21 Å². The minimum atomic E-state index is 0.0961. The summed E-state index contributed by atoms with van der Waals surface area (Å²) in [4.78, 5) is 4.33. The van der Waals surface area contributed by atoms with Gasteiger partial charge in [-0.2, -0.15) is 0 Å². The van der Waals surface area contributed by atoms with Gasteiger partial charge in [0.05, 0.1) is 0 Å². The van der Waals surface area contributed by atoms with Gasteiger partial charge in [0.15, 0.2) is 0 Å². The predicted molar refractivity (Wildman–Crippen MR) is 105 cm³/mol. The van der Waals surface area contributed by atoms with Crippen LogP contribution in [-0.4, -0.2) is 16.4 Å². The summed E-state index contributed by atoms with van der Waals surface area (Å²) < 4.78 is 1.05. The number of benzene rings is 2. The molecule has 0 aliphatic carbocycles. The van der Waals surface area contributed by atoms with Gasteiger partial charge in [0.2, 0.25) is 0 Å². The SMILES string of the molecule is Cc1ccccc1C(CC=NO)c1ccncc1-c1ccc(Br)cc1. The van der Waals surface area contributed by atoms with Crippen LogP contribution in [0.1, 0.15) is 29.0 Å². The van der Waals surface area contributed by atoms with Crippen molar-refractivity contribution in [3.8, 4) is 11.1 Å². The average molecular weight is 395 g/mol. The Morgan fingerprint density at radius 1 is 1.08 bits per heavy atom. The van der Waals surface area contributed by atoms with Gasteiger partial charge in [-0.1, -0.05) is 52.3 Å². The summed E-state index contributed by atoms with van der Waals surface area (Å²) in [6.45, 7) is 2.11. The number of aromatic nitrogens is 1. The molecule has 0 spiro atoms. The molecule has 25 heavy (non-hydrogen) atoms. The Balaban J connectivity index is 2.14. The summed E-state index contributed by atoms with van der Waals surface area (Å²) in [6, 6.07) is 18.6. The highest BCUT2D eigenvalue weighted by atomic mass is 79.9. The van der Waals surface area contributed by atoms with Crippen molar-refractivity contribution in [2.45, 2.75) is 19.3 Å². The maximum Gasteiger partial charge on any atom is 0.0445 e. The number of aryl methyl sites for hydroxylation is 1. The Morgan fingerprint density at radius 2 is 1.84 bits per heavy atom. The molecule has 1 unspecified atom stereocenters. The monoisotopic (exact) mass is 394 g/mol. The zero-order chi connectivity index (χ0) is 17.6. The van der Waals surface area contributed by atoms with E-state index in [-0.39, 0.29) is 5.92 Å². The second-order valence-corrected chi connectivity index (χ2v) is 6.83. The smallest absolute Gasteiger partial charge is 0.0445 e. The number of halogens is 1. The molecular formula is C21H19BrN2O. The van der Waals surface area contributed by atoms with Gasteiger partial charge < -0.3 is 5.21 Å². The van der Waals surface area contributed by atoms with Crippen LogP contribution in [0, 0.1) is 6.92 Å². The lowest BCUT2D eigenvalue weighted by Gasteiger charge is -2.21. The molecule has 126 valence electrons. The number of nitrogens with zero attached hydrogens (tertiary/aromatic N) is 2. The fourth-order valence-corrected chi connectivity index (χ4v) is 3.40. The number of hydrogen-bond acceptors (Lipinski definition) is 3. The Hall–Kier alpha value is -2.46. The molecule has 3 rings (SSSR count). The Kier molecular flexibility index (Phi) is 5.61. The summed E-state index contributed by atoms with van der Waals surface area (Å²) >= 11 is 3.49. The minimum absolute atomic E-state index is 0.0961. The summed E-state index contributed by atoms with van der Waals surface area (Å²) in [5.41, 5.74) is 5.83. The molecule has 0 fully saturated rings. The Morgan fingerprint density at radius 3 is 2.56 bits per heavy atom. The maximum atomic E-state index is 8.95. The summed E-state index contributed by atoms with van der Waals surface area (Å²) in [5, 5.41) is 12.2. The third kappa shape index (κ3) is 3.97. The van der Waals surface area contributed by atoms with E-state index in [1.165, 1.54) is 16.7 Å². The van der Waals surface area contributed by atoms with Crippen LogP contribution < -0.4 is 0 Å². The molecule has 0 amide bonds. The van der Waals surface area contributed by atoms with Gasteiger partial charge in [-0.15, -0.1) is 5.16 Å². The summed E-state index contributed by atoms with van der Waals surface area (Å²) in [6.07, 6.45) is 5.90. The quantitative estimate of drug-likeness (QED) is 0.337. The van der Waals surface area contributed by atoms with Crippen LogP contribution in [0.15, 0.2) is 76.6 Å². The van der Waals surface area contributed by atoms with Gasteiger partial charge in [-0.25, -0.2) is 0 Å². The van der Waals surface area contributed by atoms with Crippen LogP contribution in [0.4, 0.5) is 0 Å². The largest absolute Gasteiger partial charge is 0.411 e. The maximum absolute atomic E-state index is 8.95. The number of rotatable bonds is 5. The zero-order valence-corrected chi connectivity index (χ0v) is 15.5. The van der Waals surface area contributed by atoms with Crippen LogP contribution in [0.25, 0.3) is 11.1 Å². The standard InChI is InChI=1S/C21H19BrN2O/c1-15-4-2-3-5-18(15)19(11-13-24-25)20-10-12-23-14-21(20)16-6-8-17(22)9-7-16/h2-10,12-14,19,25H,11H2,1H3. The molecule has 0 radical (unpaired) electrons. The molecular weight excluding hydrogens is 376 g/mol. The highest BCUT2D eigenvalue weighted by Gasteiger charge is 2.19. The average Bonchev–Trinajstić information content (AvgIpc) is 2.64. The van der Waals surface area contributed by atoms with Crippen molar-refractivity contribution in [3.05, 3.63) is 88.2 Å². The van der Waals surface area contributed by atoms with Crippen LogP contribution in [-0.2, 0) is 0 Å². The molecule has 0 saturated carbocycles. The van der Waals surface area contributed by atoms with Crippen molar-refractivity contribution in [3.63, 3.8) is 0 Å². The van der Waals surface area contributed by atoms with Crippen LogP contribution in [0.5, 0.6) is 0 Å². The fourth-order valence-electron chi connectivity index (χ4n) is 3.13. The first-order chi connectivity index (χ1) is 12.2. The predicted octanol–water partition coefficient (Wildman–Crippen LogP) is 5.80. The Bertz CT molecular complexity index is 875. The molecule has 0 aliphatic heterocycles. The van der Waals surface area contributed by atoms with Crippen molar-refractivity contribution in [1.29, 1.82) is 0 Å². The fraction of sp³-hybridized carbons (Fsp3) is 0.143. The number of oxime groups is 1. The van der Waals surface area contributed by atoms with E-state index in [1.807, 2.05) is 36.7 Å². The van der Waals surface area contributed by atoms with Gasteiger partial charge in [0.1, 0.15) is 0 Å². The third-order valence-corrected chi connectivity index (χ3v) is 4.90. The van der Waals surface area contributed by atoms with E-state index in [9.17, 15) is 0 Å². The normalized spacial score (nSPS) is 12.4. The third-order valence-electron chi connectivity index (χ3n) is 4.37. The summed E-state index contributed by atoms with van der Waals surface area (Å²) in [5.74, 6) is 0.0961. The first-order valence-corrected chi connectivity index (χ1v) is 8.91. The second-order valence-electron chi connectivity index (χ2n) is 5.91. The molecule has 3 nitrogen and oxygen atoms in total. The molecule has 4 heteroatoms. The highest BCUT2D eigenvalue weighted by Crippen LogP contribution is 2.36. The summed E-state index contributed by atoms with van der Waals surface area (Å²) in [7, 11) is 0. The van der Waals surface area contributed by atoms with E-state index in [4.69, 9.17) is 5.21 Å². The van der Waals surface area contributed by atoms with E-state index in [0.29, 0.717) is 6.42 Å². The van der Waals surface area contributed by atoms with Crippen molar-refractivity contribution in [2.24, 2.45) is 5.16 Å². The highest BCUT2D eigenvalue weighted by molar-refractivity contribution is 9.10. The topological polar surface area (TPSA) is 45.5 Å². The number of pyridine rings is 1. The van der Waals surface area contributed by atoms with Gasteiger partial charge >= 0.3 is 0 Å². The lowest BCUT2D eigenvalue weighted by atomic mass is 9.83. The van der Waals surface area contributed by atoms with E-state index in [0.717, 1.165) is 15.6 Å². The molecule has 1 aromatic heterocycles. The van der Waals surface area contributed by atoms with Crippen molar-refractivity contribution >= 4 is 22.1 Å². The van der Waals surface area contributed by atoms with Crippen LogP contribution in [0.2, 0.25) is 0 Å². The van der Waals surface area contributed by atoms with Gasteiger partial charge in [-0.3, -0.25) is 4.98 Å². The molecule has 0 aliphatic rings. The Labute approximate surface area is 156 Å². The minimum Gasteiger partial charge on any atom is -0.411 e. The van der Waals surface area contributed by atoms with E-state index >= 15 is 0 Å². The molecule has 3 aromatic rings. The molecule has 1 heterocycles. The lowest BCUT2D eigenvalue weighted by molar-refractivity contribution is 0.320. The van der Waals surface area contributed by atoms with Gasteiger partial charge in [-0.05, 0) is 53.8 Å². The number of hydrogen-bond donors (Lipinski definition) is 1. The lowest BCUT2D eigenvalue weighted by Crippen LogP contribution is -2.06. The second kappa shape index (κ2) is 8.08. The molecule has 1 N–H and O–H groups in total. The molecule has 0 saturated heterocycles. The molecule has 0 bridgehead atoms. The first kappa shape index (κ1) is 17.4. The van der Waals surface area contributed by atoms with Crippen molar-refractivity contribution in [2.75, 3.05) is 0 Å². The van der Waals surface area contributed by atoms with Gasteiger partial charge in [0.25, 0.3) is 0 Å². The van der Waals surface area contributed by atoms with E-state index < -0.39 is 0 Å². The van der Waals surface area contributed by atoms with E-state index in [2.05, 4.69) is 63.3 Å². The van der Waals surface area contributed by atoms with Crippen LogP contribution in [0.3, 0.4) is 0 Å².